The SMILES string of the molecule is CC(C)C1(C)CC1NC(=O)C#CBr. The van der Waals surface area contributed by atoms with Crippen LogP contribution in [0.1, 0.15) is 27.2 Å². The molecule has 2 atom stereocenters. The molecule has 0 aromatic heterocycles. The fourth-order valence-corrected chi connectivity index (χ4v) is 1.65. The monoisotopic (exact) mass is 243 g/mol. The van der Waals surface area contributed by atoms with E-state index in [1.807, 2.05) is 0 Å². The van der Waals surface area contributed by atoms with Crippen LogP contribution in [0.25, 0.3) is 0 Å². The van der Waals surface area contributed by atoms with E-state index in [1.54, 1.807) is 0 Å². The van der Waals surface area contributed by atoms with Crippen LogP contribution in [0.3, 0.4) is 0 Å². The van der Waals surface area contributed by atoms with Crippen LogP contribution < -0.4 is 5.32 Å². The number of carbonyl (C=O) groups excluding carboxylic acids is 1. The zero-order valence-corrected chi connectivity index (χ0v) is 9.73. The van der Waals surface area contributed by atoms with Gasteiger partial charge in [0.05, 0.1) is 0 Å². The van der Waals surface area contributed by atoms with Crippen LogP contribution in [-0.2, 0) is 4.79 Å². The number of carbonyl (C=O) groups is 1. The van der Waals surface area contributed by atoms with Gasteiger partial charge in [-0.2, -0.15) is 0 Å². The molecule has 13 heavy (non-hydrogen) atoms. The molecular formula is C10H14BrNO. The average Bonchev–Trinajstić information content (AvgIpc) is 2.63. The summed E-state index contributed by atoms with van der Waals surface area (Å²) in [4.78, 5) is 13.5. The van der Waals surface area contributed by atoms with Crippen LogP contribution in [0.4, 0.5) is 0 Å². The molecular weight excluding hydrogens is 230 g/mol. The van der Waals surface area contributed by atoms with Crippen molar-refractivity contribution in [1.82, 2.24) is 5.32 Å². The molecule has 1 fully saturated rings. The molecule has 1 saturated carbocycles. The van der Waals surface area contributed by atoms with E-state index in [-0.39, 0.29) is 11.3 Å². The minimum Gasteiger partial charge on any atom is -0.342 e. The summed E-state index contributed by atoms with van der Waals surface area (Å²) in [6.07, 6.45) is 1.07. The molecule has 1 N–H and O–H groups in total. The standard InChI is InChI=1S/C10H14BrNO/c1-7(2)10(3)6-8(10)12-9(13)4-5-11/h7-8H,6H2,1-3H3,(H,12,13). The lowest BCUT2D eigenvalue weighted by Gasteiger charge is -2.15. The third kappa shape index (κ3) is 2.25. The molecule has 0 saturated heterocycles. The maximum Gasteiger partial charge on any atom is 0.296 e. The van der Waals surface area contributed by atoms with Gasteiger partial charge in [0, 0.05) is 27.9 Å². The lowest BCUT2D eigenvalue weighted by molar-refractivity contribution is -0.116. The third-order valence-electron chi connectivity index (χ3n) is 3.06. The molecule has 1 aliphatic rings. The molecule has 2 nitrogen and oxygen atoms in total. The molecule has 3 heteroatoms. The summed E-state index contributed by atoms with van der Waals surface area (Å²) in [5, 5.41) is 2.88. The molecule has 0 aromatic carbocycles. The number of nitrogens with one attached hydrogen (secondary N) is 1. The maximum atomic E-state index is 11.1. The van der Waals surface area contributed by atoms with E-state index in [4.69, 9.17) is 0 Å². The fourth-order valence-electron chi connectivity index (χ4n) is 1.47. The third-order valence-corrected chi connectivity index (χ3v) is 3.26. The predicted molar refractivity (Wildman–Crippen MR) is 56.2 cm³/mol. The van der Waals surface area contributed by atoms with Gasteiger partial charge in [-0.15, -0.1) is 0 Å². The van der Waals surface area contributed by atoms with Gasteiger partial charge in [-0.1, -0.05) is 20.8 Å². The first-order valence-corrected chi connectivity index (χ1v) is 5.22. The molecule has 0 aromatic rings. The first-order chi connectivity index (χ1) is 6.00. The highest BCUT2D eigenvalue weighted by molar-refractivity contribution is 9.12. The van der Waals surface area contributed by atoms with E-state index in [1.165, 1.54) is 0 Å². The zero-order valence-electron chi connectivity index (χ0n) is 8.15. The molecule has 72 valence electrons. The van der Waals surface area contributed by atoms with Crippen molar-refractivity contribution in [2.45, 2.75) is 33.2 Å². The number of rotatable bonds is 2. The Bertz CT molecular complexity index is 276. The van der Waals surface area contributed by atoms with Crippen LogP contribution >= 0.6 is 15.9 Å². The normalized spacial score (nSPS) is 30.7. The van der Waals surface area contributed by atoms with E-state index in [9.17, 15) is 4.79 Å². The van der Waals surface area contributed by atoms with Crippen LogP contribution in [0.2, 0.25) is 0 Å². The fraction of sp³-hybridized carbons (Fsp3) is 0.700. The van der Waals surface area contributed by atoms with Crippen molar-refractivity contribution in [1.29, 1.82) is 0 Å². The van der Waals surface area contributed by atoms with Crippen molar-refractivity contribution in [3.8, 4) is 10.8 Å². The quantitative estimate of drug-likeness (QED) is 0.738. The van der Waals surface area contributed by atoms with E-state index >= 15 is 0 Å². The lowest BCUT2D eigenvalue weighted by Crippen LogP contribution is -2.29. The van der Waals surface area contributed by atoms with E-state index in [0.717, 1.165) is 6.42 Å². The summed E-state index contributed by atoms with van der Waals surface area (Å²) in [6, 6.07) is 0.313. The summed E-state index contributed by atoms with van der Waals surface area (Å²) < 4.78 is 0. The largest absolute Gasteiger partial charge is 0.342 e. The Morgan fingerprint density at radius 3 is 2.69 bits per heavy atom. The van der Waals surface area contributed by atoms with Gasteiger partial charge in [0.15, 0.2) is 0 Å². The molecule has 0 radical (unpaired) electrons. The van der Waals surface area contributed by atoms with E-state index in [2.05, 4.69) is 52.8 Å². The van der Waals surface area contributed by atoms with Gasteiger partial charge in [0.25, 0.3) is 5.91 Å². The Labute approximate surface area is 87.6 Å². The van der Waals surface area contributed by atoms with Gasteiger partial charge in [-0.05, 0) is 22.6 Å². The summed E-state index contributed by atoms with van der Waals surface area (Å²) in [6.45, 7) is 6.56. The Kier molecular flexibility index (Phi) is 3.02. The lowest BCUT2D eigenvalue weighted by atomic mass is 9.94. The van der Waals surface area contributed by atoms with Gasteiger partial charge in [0.2, 0.25) is 0 Å². The van der Waals surface area contributed by atoms with Gasteiger partial charge >= 0.3 is 0 Å². The zero-order chi connectivity index (χ0) is 10.1. The van der Waals surface area contributed by atoms with Gasteiger partial charge in [-0.25, -0.2) is 0 Å². The van der Waals surface area contributed by atoms with E-state index < -0.39 is 0 Å². The predicted octanol–water partition coefficient (Wildman–Crippen LogP) is 1.89. The molecule has 1 amide bonds. The second kappa shape index (κ2) is 3.71. The minimum absolute atomic E-state index is 0.189. The highest BCUT2D eigenvalue weighted by Crippen LogP contribution is 2.51. The first-order valence-electron chi connectivity index (χ1n) is 4.43. The summed E-state index contributed by atoms with van der Waals surface area (Å²) >= 11 is 2.90. The Morgan fingerprint density at radius 1 is 1.69 bits per heavy atom. The van der Waals surface area contributed by atoms with Crippen molar-refractivity contribution >= 4 is 21.8 Å². The molecule has 2 unspecified atom stereocenters. The van der Waals surface area contributed by atoms with Crippen LogP contribution in [0, 0.1) is 22.1 Å². The van der Waals surface area contributed by atoms with E-state index in [0.29, 0.717) is 12.0 Å². The Hall–Kier alpha value is -0.490. The molecule has 0 heterocycles. The first kappa shape index (κ1) is 10.6. The van der Waals surface area contributed by atoms with Gasteiger partial charge in [-0.3, -0.25) is 4.79 Å². The second-order valence-electron chi connectivity index (χ2n) is 4.11. The maximum absolute atomic E-state index is 11.1. The Morgan fingerprint density at radius 2 is 2.31 bits per heavy atom. The Balaban J connectivity index is 2.43. The van der Waals surface area contributed by atoms with Gasteiger partial charge in [0.1, 0.15) is 0 Å². The average molecular weight is 244 g/mol. The topological polar surface area (TPSA) is 29.1 Å². The molecule has 0 aliphatic heterocycles. The second-order valence-corrected chi connectivity index (χ2v) is 4.51. The van der Waals surface area contributed by atoms with Crippen molar-refractivity contribution in [2.75, 3.05) is 0 Å². The number of hydrogen-bond donors (Lipinski definition) is 1. The number of amides is 1. The minimum atomic E-state index is -0.189. The van der Waals surface area contributed by atoms with Crippen molar-refractivity contribution in [2.24, 2.45) is 11.3 Å². The molecule has 0 spiro atoms. The van der Waals surface area contributed by atoms with Crippen molar-refractivity contribution in [3.05, 3.63) is 0 Å². The highest BCUT2D eigenvalue weighted by atomic mass is 79.9. The van der Waals surface area contributed by atoms with Crippen LogP contribution in [0.15, 0.2) is 0 Å². The molecule has 1 aliphatic carbocycles. The number of hydrogen-bond acceptors (Lipinski definition) is 1. The summed E-state index contributed by atoms with van der Waals surface area (Å²) in [5.74, 6) is 2.83. The van der Waals surface area contributed by atoms with Crippen LogP contribution in [0.5, 0.6) is 0 Å². The smallest absolute Gasteiger partial charge is 0.296 e. The van der Waals surface area contributed by atoms with Gasteiger partial charge < -0.3 is 5.32 Å². The summed E-state index contributed by atoms with van der Waals surface area (Å²) in [7, 11) is 0. The van der Waals surface area contributed by atoms with Crippen molar-refractivity contribution < 1.29 is 4.79 Å². The van der Waals surface area contributed by atoms with Crippen molar-refractivity contribution in [3.63, 3.8) is 0 Å². The molecule has 0 bridgehead atoms. The molecule has 1 rings (SSSR count). The highest BCUT2D eigenvalue weighted by Gasteiger charge is 2.52. The van der Waals surface area contributed by atoms with Crippen LogP contribution in [-0.4, -0.2) is 11.9 Å². The summed E-state index contributed by atoms with van der Waals surface area (Å²) in [5.41, 5.74) is 0.281. The number of halogens is 1.